The van der Waals surface area contributed by atoms with Crippen molar-refractivity contribution in [3.8, 4) is 5.75 Å². The molecule has 1 aromatic rings. The number of hydrazone groups is 1. The maximum absolute atomic E-state index is 13.3. The van der Waals surface area contributed by atoms with Gasteiger partial charge in [0.2, 0.25) is 0 Å². The molecule has 10 heteroatoms. The van der Waals surface area contributed by atoms with Gasteiger partial charge in [-0.05, 0) is 31.5 Å². The third kappa shape index (κ3) is 3.86. The molecule has 1 aliphatic rings. The summed E-state index contributed by atoms with van der Waals surface area (Å²) in [4.78, 5) is 12.4. The van der Waals surface area contributed by atoms with Crippen molar-refractivity contribution in [2.75, 3.05) is 0 Å². The molecule has 25 heavy (non-hydrogen) atoms. The Bertz CT molecular complexity index is 712. The number of halogens is 5. The highest BCUT2D eigenvalue weighted by atomic mass is 35.5. The minimum atomic E-state index is -5.07. The minimum Gasteiger partial charge on any atom is -0.479 e. The van der Waals surface area contributed by atoms with Crippen LogP contribution in [0.4, 0.5) is 13.2 Å². The number of amides is 1. The van der Waals surface area contributed by atoms with E-state index >= 15 is 0 Å². The van der Waals surface area contributed by atoms with Crippen LogP contribution in [0, 0.1) is 0 Å². The molecule has 0 radical (unpaired) electrons. The second-order valence-corrected chi connectivity index (χ2v) is 6.34. The summed E-state index contributed by atoms with van der Waals surface area (Å²) in [5, 5.41) is 14.1. The van der Waals surface area contributed by atoms with Crippen molar-refractivity contribution in [2.24, 2.45) is 5.10 Å². The van der Waals surface area contributed by atoms with Crippen LogP contribution in [0.1, 0.15) is 26.7 Å². The number of hydrogen-bond donors (Lipinski definition) is 1. The first kappa shape index (κ1) is 19.8. The van der Waals surface area contributed by atoms with E-state index in [2.05, 4.69) is 5.10 Å². The molecule has 0 saturated carbocycles. The first-order valence-electron chi connectivity index (χ1n) is 7.31. The van der Waals surface area contributed by atoms with Crippen molar-refractivity contribution >= 4 is 34.8 Å². The zero-order chi connectivity index (χ0) is 19.0. The van der Waals surface area contributed by atoms with E-state index in [-0.39, 0.29) is 27.9 Å². The zero-order valence-electron chi connectivity index (χ0n) is 13.3. The molecule has 0 fully saturated rings. The molecule has 0 unspecified atom stereocenters. The number of hydrogen-bond acceptors (Lipinski definition) is 4. The molecular formula is C15H15Cl2F3N2O3. The summed E-state index contributed by atoms with van der Waals surface area (Å²) in [6, 6.07) is 4.20. The van der Waals surface area contributed by atoms with Crippen LogP contribution in [0.5, 0.6) is 5.75 Å². The third-order valence-electron chi connectivity index (χ3n) is 3.66. The lowest BCUT2D eigenvalue weighted by molar-refractivity contribution is -0.303. The van der Waals surface area contributed by atoms with Crippen molar-refractivity contribution < 1.29 is 27.8 Å². The highest BCUT2D eigenvalue weighted by Gasteiger charge is 2.63. The fourth-order valence-corrected chi connectivity index (χ4v) is 2.70. The molecule has 2 rings (SSSR count). The van der Waals surface area contributed by atoms with Crippen LogP contribution >= 0.6 is 23.2 Å². The van der Waals surface area contributed by atoms with Gasteiger partial charge in [0.05, 0.1) is 5.02 Å². The van der Waals surface area contributed by atoms with Gasteiger partial charge in [-0.2, -0.15) is 23.3 Å². The van der Waals surface area contributed by atoms with Gasteiger partial charge in [-0.15, -0.1) is 0 Å². The van der Waals surface area contributed by atoms with E-state index in [0.29, 0.717) is 5.02 Å². The Morgan fingerprint density at radius 2 is 2.12 bits per heavy atom. The highest BCUT2D eigenvalue weighted by molar-refractivity contribution is 6.35. The van der Waals surface area contributed by atoms with Gasteiger partial charge < -0.3 is 9.84 Å². The van der Waals surface area contributed by atoms with Crippen LogP contribution < -0.4 is 4.74 Å². The number of aliphatic hydroxyl groups is 1. The minimum absolute atomic E-state index is 0.0420. The Morgan fingerprint density at radius 1 is 1.48 bits per heavy atom. The summed E-state index contributed by atoms with van der Waals surface area (Å²) in [6.45, 7) is 2.82. The van der Waals surface area contributed by atoms with Crippen LogP contribution in [0.15, 0.2) is 23.3 Å². The van der Waals surface area contributed by atoms with Gasteiger partial charge in [-0.25, -0.2) is 0 Å². The Kier molecular flexibility index (Phi) is 5.56. The molecule has 1 N–H and O–H groups in total. The Hall–Kier alpha value is -1.51. The van der Waals surface area contributed by atoms with E-state index in [1.165, 1.54) is 25.1 Å². The molecule has 5 nitrogen and oxygen atoms in total. The maximum atomic E-state index is 13.3. The van der Waals surface area contributed by atoms with E-state index in [0.717, 1.165) is 0 Å². The third-order valence-corrected chi connectivity index (χ3v) is 4.19. The summed E-state index contributed by atoms with van der Waals surface area (Å²) in [7, 11) is 0. The first-order valence-corrected chi connectivity index (χ1v) is 8.06. The van der Waals surface area contributed by atoms with Crippen LogP contribution in [0.25, 0.3) is 0 Å². The fraction of sp³-hybridized carbons (Fsp3) is 0.467. The smallest absolute Gasteiger partial charge is 0.438 e. The maximum Gasteiger partial charge on any atom is 0.438 e. The van der Waals surface area contributed by atoms with E-state index in [9.17, 15) is 23.1 Å². The zero-order valence-corrected chi connectivity index (χ0v) is 14.8. The van der Waals surface area contributed by atoms with Crippen LogP contribution in [-0.2, 0) is 4.79 Å². The molecule has 1 aromatic carbocycles. The fourth-order valence-electron chi connectivity index (χ4n) is 2.25. The van der Waals surface area contributed by atoms with Crippen molar-refractivity contribution in [1.82, 2.24) is 5.01 Å². The van der Waals surface area contributed by atoms with Crippen molar-refractivity contribution in [2.45, 2.75) is 44.7 Å². The van der Waals surface area contributed by atoms with E-state index < -0.39 is 30.3 Å². The van der Waals surface area contributed by atoms with Gasteiger partial charge >= 0.3 is 6.18 Å². The van der Waals surface area contributed by atoms with Crippen LogP contribution in [-0.4, -0.2) is 39.7 Å². The predicted molar refractivity (Wildman–Crippen MR) is 86.7 cm³/mol. The van der Waals surface area contributed by atoms with Crippen molar-refractivity contribution in [1.29, 1.82) is 0 Å². The van der Waals surface area contributed by atoms with Crippen molar-refractivity contribution in [3.05, 3.63) is 28.2 Å². The average molecular weight is 399 g/mol. The standard InChI is InChI=1S/C15H15Cl2F3N2O3/c1-3-10-7-14(24,15(18,19)20)22(21-10)13(23)8(2)25-12-5-4-9(16)6-11(12)17/h4-6,8,24H,3,7H2,1-2H3/t8-,14+/m0/s1. The normalized spacial score (nSPS) is 21.9. The van der Waals surface area contributed by atoms with Crippen LogP contribution in [0.3, 0.4) is 0 Å². The van der Waals surface area contributed by atoms with Crippen molar-refractivity contribution in [3.63, 3.8) is 0 Å². The number of nitrogens with zero attached hydrogens (tertiary/aromatic N) is 2. The molecule has 0 aliphatic carbocycles. The molecule has 0 aromatic heterocycles. The Balaban J connectivity index is 2.26. The highest BCUT2D eigenvalue weighted by Crippen LogP contribution is 2.41. The molecule has 2 atom stereocenters. The predicted octanol–water partition coefficient (Wildman–Crippen LogP) is 4.01. The largest absolute Gasteiger partial charge is 0.479 e. The van der Waals surface area contributed by atoms with Gasteiger partial charge in [-0.1, -0.05) is 30.1 Å². The lowest BCUT2D eigenvalue weighted by Crippen LogP contribution is -2.58. The Labute approximate surface area is 152 Å². The SMILES string of the molecule is CCC1=NN(C(=O)[C@H](C)Oc2ccc(Cl)cc2Cl)[C@](O)(C(F)(F)F)C1. The van der Waals surface area contributed by atoms with E-state index in [4.69, 9.17) is 27.9 Å². The average Bonchev–Trinajstić information content (AvgIpc) is 2.87. The number of benzene rings is 1. The van der Waals surface area contributed by atoms with Gasteiger partial charge in [0.25, 0.3) is 11.6 Å². The van der Waals surface area contributed by atoms with Crippen LogP contribution in [0.2, 0.25) is 10.0 Å². The second kappa shape index (κ2) is 7.01. The number of rotatable bonds is 4. The van der Waals surface area contributed by atoms with Gasteiger partial charge in [-0.3, -0.25) is 4.79 Å². The van der Waals surface area contributed by atoms with Gasteiger partial charge in [0.15, 0.2) is 6.10 Å². The van der Waals surface area contributed by atoms with Gasteiger partial charge in [0.1, 0.15) is 5.75 Å². The van der Waals surface area contributed by atoms with E-state index in [1.807, 2.05) is 0 Å². The lowest BCUT2D eigenvalue weighted by Gasteiger charge is -2.33. The molecule has 1 aliphatic heterocycles. The summed E-state index contributed by atoms with van der Waals surface area (Å²) >= 11 is 11.7. The topological polar surface area (TPSA) is 62.1 Å². The first-order chi connectivity index (χ1) is 11.5. The molecule has 0 saturated heterocycles. The second-order valence-electron chi connectivity index (χ2n) is 5.50. The number of alkyl halides is 3. The molecule has 1 amide bonds. The quantitative estimate of drug-likeness (QED) is 0.833. The number of carbonyl (C=O) groups excluding carboxylic acids is 1. The summed E-state index contributed by atoms with van der Waals surface area (Å²) in [6.07, 6.45) is -7.07. The molecule has 0 bridgehead atoms. The summed E-state index contributed by atoms with van der Waals surface area (Å²) in [5.41, 5.74) is -3.33. The van der Waals surface area contributed by atoms with Gasteiger partial charge in [0, 0.05) is 17.2 Å². The number of carbonyl (C=O) groups is 1. The summed E-state index contributed by atoms with van der Waals surface area (Å²) < 4.78 is 45.1. The monoisotopic (exact) mass is 398 g/mol. The Morgan fingerprint density at radius 3 is 2.64 bits per heavy atom. The lowest BCUT2D eigenvalue weighted by atomic mass is 10.0. The summed E-state index contributed by atoms with van der Waals surface area (Å²) in [5.74, 6) is -1.07. The number of ether oxygens (including phenoxy) is 1. The molecule has 0 spiro atoms. The molecular weight excluding hydrogens is 384 g/mol. The van der Waals surface area contributed by atoms with E-state index in [1.54, 1.807) is 6.92 Å². The molecule has 138 valence electrons. The molecule has 1 heterocycles.